The van der Waals surface area contributed by atoms with Crippen LogP contribution in [0, 0.1) is 5.41 Å². The maximum absolute atomic E-state index is 5.52. The molecule has 1 rings (SSSR count). The molecule has 0 aliphatic carbocycles. The summed E-state index contributed by atoms with van der Waals surface area (Å²) in [6.07, 6.45) is 0. The molecule has 0 radical (unpaired) electrons. The molecule has 14 heavy (non-hydrogen) atoms. The Morgan fingerprint density at radius 1 is 1.36 bits per heavy atom. The standard InChI is InChI=1S/C11H24N2O/c1-11(2,3)10(13(4)5)9-8-14-7-6-12-9/h9-10,12H,6-8H2,1-5H3. The number of likely N-dealkylation sites (N-methyl/N-ethyl adjacent to an activating group) is 1. The Hall–Kier alpha value is -0.120. The molecule has 0 bridgehead atoms. The first kappa shape index (κ1) is 12.0. The fourth-order valence-electron chi connectivity index (χ4n) is 2.53. The van der Waals surface area contributed by atoms with E-state index in [4.69, 9.17) is 4.74 Å². The quantitative estimate of drug-likeness (QED) is 0.718. The molecule has 1 saturated heterocycles. The summed E-state index contributed by atoms with van der Waals surface area (Å²) in [6, 6.07) is 0.974. The van der Waals surface area contributed by atoms with Gasteiger partial charge in [-0.15, -0.1) is 0 Å². The molecule has 84 valence electrons. The average Bonchev–Trinajstić information content (AvgIpc) is 2.02. The molecule has 0 aromatic rings. The second-order valence-electron chi connectivity index (χ2n) is 5.41. The van der Waals surface area contributed by atoms with Gasteiger partial charge in [0.15, 0.2) is 0 Å². The second kappa shape index (κ2) is 4.60. The van der Waals surface area contributed by atoms with Gasteiger partial charge >= 0.3 is 0 Å². The first-order valence-electron chi connectivity index (χ1n) is 5.40. The van der Waals surface area contributed by atoms with E-state index in [0.717, 1.165) is 19.8 Å². The lowest BCUT2D eigenvalue weighted by molar-refractivity contribution is 0.0147. The van der Waals surface area contributed by atoms with Crippen molar-refractivity contribution in [3.8, 4) is 0 Å². The zero-order valence-electron chi connectivity index (χ0n) is 10.1. The summed E-state index contributed by atoms with van der Waals surface area (Å²) < 4.78 is 5.52. The molecule has 1 N–H and O–H groups in total. The molecule has 1 heterocycles. The molecule has 0 amide bonds. The highest BCUT2D eigenvalue weighted by Crippen LogP contribution is 2.26. The third-order valence-electron chi connectivity index (χ3n) is 2.78. The Balaban J connectivity index is 2.66. The summed E-state index contributed by atoms with van der Waals surface area (Å²) >= 11 is 0. The van der Waals surface area contributed by atoms with E-state index in [1.54, 1.807) is 0 Å². The largest absolute Gasteiger partial charge is 0.378 e. The average molecular weight is 200 g/mol. The summed E-state index contributed by atoms with van der Waals surface area (Å²) in [5, 5.41) is 3.54. The normalized spacial score (nSPS) is 26.6. The number of hydrogen-bond donors (Lipinski definition) is 1. The summed E-state index contributed by atoms with van der Waals surface area (Å²) in [4.78, 5) is 2.30. The van der Waals surface area contributed by atoms with Crippen LogP contribution in [0.1, 0.15) is 20.8 Å². The Kier molecular flexibility index (Phi) is 3.93. The molecule has 0 saturated carbocycles. The molecule has 0 aromatic carbocycles. The SMILES string of the molecule is CN(C)C(C1COCCN1)C(C)(C)C. The summed E-state index contributed by atoms with van der Waals surface area (Å²) in [7, 11) is 4.29. The van der Waals surface area contributed by atoms with Gasteiger partial charge in [-0.05, 0) is 19.5 Å². The minimum absolute atomic E-state index is 0.280. The molecule has 1 fully saturated rings. The van der Waals surface area contributed by atoms with Gasteiger partial charge in [-0.1, -0.05) is 20.8 Å². The fraction of sp³-hybridized carbons (Fsp3) is 1.00. The Morgan fingerprint density at radius 2 is 2.00 bits per heavy atom. The van der Waals surface area contributed by atoms with Crippen molar-refractivity contribution in [2.24, 2.45) is 5.41 Å². The number of rotatable bonds is 2. The number of hydrogen-bond acceptors (Lipinski definition) is 3. The van der Waals surface area contributed by atoms with Crippen LogP contribution in [-0.4, -0.2) is 50.8 Å². The molecule has 0 aromatic heterocycles. The molecular formula is C11H24N2O. The predicted octanol–water partition coefficient (Wildman–Crippen LogP) is 0.951. The minimum atomic E-state index is 0.280. The van der Waals surface area contributed by atoms with Gasteiger partial charge in [0.05, 0.1) is 13.2 Å². The second-order valence-corrected chi connectivity index (χ2v) is 5.41. The van der Waals surface area contributed by atoms with Gasteiger partial charge in [0, 0.05) is 18.6 Å². The van der Waals surface area contributed by atoms with E-state index in [-0.39, 0.29) is 5.41 Å². The van der Waals surface area contributed by atoms with Crippen molar-refractivity contribution in [1.29, 1.82) is 0 Å². The third-order valence-corrected chi connectivity index (χ3v) is 2.78. The number of ether oxygens (including phenoxy) is 1. The van der Waals surface area contributed by atoms with Gasteiger partial charge in [-0.2, -0.15) is 0 Å². The van der Waals surface area contributed by atoms with Gasteiger partial charge < -0.3 is 15.0 Å². The smallest absolute Gasteiger partial charge is 0.0635 e. The molecular weight excluding hydrogens is 176 g/mol. The lowest BCUT2D eigenvalue weighted by Crippen LogP contribution is -2.58. The Labute approximate surface area is 87.8 Å². The van der Waals surface area contributed by atoms with E-state index in [9.17, 15) is 0 Å². The fourth-order valence-corrected chi connectivity index (χ4v) is 2.53. The van der Waals surface area contributed by atoms with Crippen LogP contribution in [0.4, 0.5) is 0 Å². The third kappa shape index (κ3) is 2.94. The lowest BCUT2D eigenvalue weighted by atomic mass is 9.81. The van der Waals surface area contributed by atoms with Gasteiger partial charge in [0.25, 0.3) is 0 Å². The van der Waals surface area contributed by atoms with E-state index >= 15 is 0 Å². The zero-order chi connectivity index (χ0) is 10.8. The Bertz CT molecular complexity index is 169. The summed E-state index contributed by atoms with van der Waals surface area (Å²) in [6.45, 7) is 9.52. The highest BCUT2D eigenvalue weighted by atomic mass is 16.5. The van der Waals surface area contributed by atoms with E-state index in [1.807, 2.05) is 0 Å². The minimum Gasteiger partial charge on any atom is -0.378 e. The monoisotopic (exact) mass is 200 g/mol. The number of nitrogens with one attached hydrogen (secondary N) is 1. The van der Waals surface area contributed by atoms with Crippen molar-refractivity contribution >= 4 is 0 Å². The van der Waals surface area contributed by atoms with E-state index in [0.29, 0.717) is 12.1 Å². The highest BCUT2D eigenvalue weighted by Gasteiger charge is 2.34. The molecule has 1 aliphatic rings. The van der Waals surface area contributed by atoms with Gasteiger partial charge in [-0.25, -0.2) is 0 Å². The predicted molar refractivity (Wildman–Crippen MR) is 59.5 cm³/mol. The topological polar surface area (TPSA) is 24.5 Å². The maximum Gasteiger partial charge on any atom is 0.0635 e. The number of nitrogens with zero attached hydrogens (tertiary/aromatic N) is 1. The first-order valence-corrected chi connectivity index (χ1v) is 5.40. The van der Waals surface area contributed by atoms with Crippen LogP contribution in [0.5, 0.6) is 0 Å². The van der Waals surface area contributed by atoms with Crippen molar-refractivity contribution in [2.45, 2.75) is 32.9 Å². The molecule has 2 atom stereocenters. The van der Waals surface area contributed by atoms with E-state index in [2.05, 4.69) is 45.1 Å². The summed E-state index contributed by atoms with van der Waals surface area (Å²) in [5.41, 5.74) is 0.280. The van der Waals surface area contributed by atoms with Crippen LogP contribution >= 0.6 is 0 Å². The van der Waals surface area contributed by atoms with Crippen molar-refractivity contribution in [1.82, 2.24) is 10.2 Å². The van der Waals surface area contributed by atoms with Crippen molar-refractivity contribution < 1.29 is 4.74 Å². The van der Waals surface area contributed by atoms with Crippen molar-refractivity contribution in [3.05, 3.63) is 0 Å². The number of morpholine rings is 1. The molecule has 0 spiro atoms. The Morgan fingerprint density at radius 3 is 2.36 bits per heavy atom. The van der Waals surface area contributed by atoms with Crippen LogP contribution < -0.4 is 5.32 Å². The van der Waals surface area contributed by atoms with Crippen LogP contribution in [0.2, 0.25) is 0 Å². The van der Waals surface area contributed by atoms with Crippen LogP contribution in [-0.2, 0) is 4.74 Å². The van der Waals surface area contributed by atoms with E-state index < -0.39 is 0 Å². The lowest BCUT2D eigenvalue weighted by Gasteiger charge is -2.43. The molecule has 3 heteroatoms. The maximum atomic E-state index is 5.52. The van der Waals surface area contributed by atoms with Crippen LogP contribution in [0.15, 0.2) is 0 Å². The van der Waals surface area contributed by atoms with Gasteiger partial charge in [-0.3, -0.25) is 0 Å². The van der Waals surface area contributed by atoms with Crippen LogP contribution in [0.25, 0.3) is 0 Å². The van der Waals surface area contributed by atoms with E-state index in [1.165, 1.54) is 0 Å². The molecule has 2 unspecified atom stereocenters. The van der Waals surface area contributed by atoms with Crippen molar-refractivity contribution in [3.63, 3.8) is 0 Å². The molecule has 1 aliphatic heterocycles. The van der Waals surface area contributed by atoms with Crippen LogP contribution in [0.3, 0.4) is 0 Å². The zero-order valence-corrected chi connectivity index (χ0v) is 10.1. The van der Waals surface area contributed by atoms with Gasteiger partial charge in [0.2, 0.25) is 0 Å². The summed E-state index contributed by atoms with van der Waals surface area (Å²) in [5.74, 6) is 0. The van der Waals surface area contributed by atoms with Gasteiger partial charge in [0.1, 0.15) is 0 Å². The highest BCUT2D eigenvalue weighted by molar-refractivity contribution is 4.92. The van der Waals surface area contributed by atoms with Crippen molar-refractivity contribution in [2.75, 3.05) is 33.9 Å². The first-order chi connectivity index (χ1) is 6.43. The molecule has 3 nitrogen and oxygen atoms in total.